The summed E-state index contributed by atoms with van der Waals surface area (Å²) < 4.78 is 7.31. The highest BCUT2D eigenvalue weighted by Crippen LogP contribution is 2.32. The summed E-state index contributed by atoms with van der Waals surface area (Å²) in [4.78, 5) is 16.8. The highest BCUT2D eigenvalue weighted by atomic mass is 35.5. The van der Waals surface area contributed by atoms with E-state index < -0.39 is 0 Å². The van der Waals surface area contributed by atoms with Gasteiger partial charge < -0.3 is 4.74 Å². The second-order valence-electron chi connectivity index (χ2n) is 11.1. The summed E-state index contributed by atoms with van der Waals surface area (Å²) in [7, 11) is 0. The van der Waals surface area contributed by atoms with E-state index in [1.807, 2.05) is 12.1 Å². The normalized spacial score (nSPS) is 11.7. The molecule has 0 atom stereocenters. The van der Waals surface area contributed by atoms with Gasteiger partial charge in [0, 0.05) is 17.4 Å². The predicted octanol–water partition coefficient (Wildman–Crippen LogP) is 8.34. The van der Waals surface area contributed by atoms with Gasteiger partial charge in [-0.25, -0.2) is 4.98 Å². The lowest BCUT2D eigenvalue weighted by Crippen LogP contribution is -2.24. The minimum atomic E-state index is -0.136. The zero-order chi connectivity index (χ0) is 27.5. The van der Waals surface area contributed by atoms with Gasteiger partial charge in [-0.15, -0.1) is 5.10 Å². The average Bonchev–Trinajstić information content (AvgIpc) is 3.42. The molecule has 7 nitrogen and oxygen atoms in total. The lowest BCUT2D eigenvalue weighted by molar-refractivity contribution is -0.121. The van der Waals surface area contributed by atoms with Crippen LogP contribution in [0.25, 0.3) is 17.0 Å². The number of carbonyl (C=O) groups excluding carboxylic acids is 1. The fourth-order valence-electron chi connectivity index (χ4n) is 4.43. The predicted molar refractivity (Wildman–Crippen MR) is 155 cm³/mol. The number of carbonyl (C=O) groups is 1. The number of ether oxygens (including phenoxy) is 1. The number of aromatic amines is 1. The summed E-state index contributed by atoms with van der Waals surface area (Å²) >= 11 is 6.53. The van der Waals surface area contributed by atoms with E-state index in [2.05, 4.69) is 54.8 Å². The lowest BCUT2D eigenvalue weighted by Gasteiger charge is -2.16. The molecule has 2 heterocycles. The molecule has 8 heteroatoms. The van der Waals surface area contributed by atoms with Crippen LogP contribution in [0.1, 0.15) is 110 Å². The van der Waals surface area contributed by atoms with Gasteiger partial charge in [-0.2, -0.15) is 4.63 Å². The van der Waals surface area contributed by atoms with Gasteiger partial charge in [0.1, 0.15) is 10.8 Å². The smallest absolute Gasteiger partial charge is 0.226 e. The van der Waals surface area contributed by atoms with Crippen LogP contribution in [0.3, 0.4) is 0 Å². The van der Waals surface area contributed by atoms with Crippen molar-refractivity contribution < 1.29 is 9.53 Å². The third-order valence-electron chi connectivity index (χ3n) is 6.63. The van der Waals surface area contributed by atoms with Gasteiger partial charge in [0.05, 0.1) is 5.69 Å². The molecule has 0 aliphatic carbocycles. The first kappa shape index (κ1) is 29.8. The van der Waals surface area contributed by atoms with Gasteiger partial charge in [-0.05, 0) is 37.3 Å². The van der Waals surface area contributed by atoms with E-state index in [-0.39, 0.29) is 17.2 Å². The minimum Gasteiger partial charge on any atom is -0.442 e. The molecule has 0 bridgehead atoms. The SMILES string of the molecule is C=C(NC(=O)CCCCCCCCCCCCC)Oc1ccc(-c2nc3c(Cl)c(C(C)(C)C)[nH]n3n2)cc1. The number of nitrogens with zero attached hydrogens (tertiary/aromatic N) is 3. The van der Waals surface area contributed by atoms with Crippen LogP contribution in [0.2, 0.25) is 5.02 Å². The molecule has 2 aromatic heterocycles. The molecular formula is C30H44ClN5O2. The number of nitrogens with one attached hydrogen (secondary N) is 2. The molecule has 0 aliphatic heterocycles. The molecule has 0 fully saturated rings. The molecule has 0 spiro atoms. The van der Waals surface area contributed by atoms with Crippen LogP contribution < -0.4 is 10.1 Å². The Balaban J connectivity index is 1.35. The largest absolute Gasteiger partial charge is 0.442 e. The first-order valence-corrected chi connectivity index (χ1v) is 14.5. The Morgan fingerprint density at radius 2 is 1.58 bits per heavy atom. The third-order valence-corrected chi connectivity index (χ3v) is 6.99. The number of hydrogen-bond donors (Lipinski definition) is 2. The number of H-pyrrole nitrogens is 1. The first-order chi connectivity index (χ1) is 18.2. The number of benzene rings is 1. The van der Waals surface area contributed by atoms with Crippen LogP contribution in [0.5, 0.6) is 5.75 Å². The molecule has 3 aromatic rings. The molecule has 2 N–H and O–H groups in total. The lowest BCUT2D eigenvalue weighted by atomic mass is 9.92. The third kappa shape index (κ3) is 8.90. The van der Waals surface area contributed by atoms with Gasteiger partial charge in [0.15, 0.2) is 17.4 Å². The van der Waals surface area contributed by atoms with Gasteiger partial charge in [-0.3, -0.25) is 15.2 Å². The summed E-state index contributed by atoms with van der Waals surface area (Å²) in [5, 5.41) is 11.1. The van der Waals surface area contributed by atoms with Crippen LogP contribution in [0.4, 0.5) is 0 Å². The van der Waals surface area contributed by atoms with Crippen LogP contribution in [-0.4, -0.2) is 25.7 Å². The number of rotatable bonds is 16. The Kier molecular flexibility index (Phi) is 11.3. The van der Waals surface area contributed by atoms with Crippen LogP contribution >= 0.6 is 11.6 Å². The molecule has 38 heavy (non-hydrogen) atoms. The molecule has 0 unspecified atom stereocenters. The number of amides is 1. The molecule has 0 saturated heterocycles. The van der Waals surface area contributed by atoms with Gasteiger partial charge in [0.2, 0.25) is 5.91 Å². The van der Waals surface area contributed by atoms with Crippen molar-refractivity contribution in [3.63, 3.8) is 0 Å². The summed E-state index contributed by atoms with van der Waals surface area (Å²) in [6.07, 6.45) is 14.3. The first-order valence-electron chi connectivity index (χ1n) is 14.1. The summed E-state index contributed by atoms with van der Waals surface area (Å²) in [6.45, 7) is 12.3. The van der Waals surface area contributed by atoms with Crippen molar-refractivity contribution in [2.24, 2.45) is 0 Å². The molecule has 0 radical (unpaired) electrons. The monoisotopic (exact) mass is 541 g/mol. The van der Waals surface area contributed by atoms with Gasteiger partial charge >= 0.3 is 0 Å². The van der Waals surface area contributed by atoms with E-state index in [9.17, 15) is 4.79 Å². The van der Waals surface area contributed by atoms with Crippen molar-refractivity contribution >= 4 is 23.2 Å². The number of hydrogen-bond acceptors (Lipinski definition) is 4. The zero-order valence-electron chi connectivity index (χ0n) is 23.5. The Labute approximate surface area is 232 Å². The van der Waals surface area contributed by atoms with E-state index >= 15 is 0 Å². The minimum absolute atomic E-state index is 0.0636. The second kappa shape index (κ2) is 14.4. The van der Waals surface area contributed by atoms with Crippen LogP contribution in [0, 0.1) is 0 Å². The highest BCUT2D eigenvalue weighted by Gasteiger charge is 2.24. The van der Waals surface area contributed by atoms with Crippen LogP contribution in [-0.2, 0) is 10.2 Å². The second-order valence-corrected chi connectivity index (χ2v) is 11.5. The number of aromatic nitrogens is 4. The van der Waals surface area contributed by atoms with Gasteiger partial charge in [-0.1, -0.05) is 104 Å². The maximum Gasteiger partial charge on any atom is 0.226 e. The molecule has 208 valence electrons. The molecule has 1 aromatic carbocycles. The van der Waals surface area contributed by atoms with Crippen molar-refractivity contribution in [3.05, 3.63) is 47.4 Å². The van der Waals surface area contributed by atoms with Crippen molar-refractivity contribution in [1.29, 1.82) is 0 Å². The fourth-order valence-corrected chi connectivity index (χ4v) is 4.87. The van der Waals surface area contributed by atoms with E-state index in [1.54, 1.807) is 16.8 Å². The number of fused-ring (bicyclic) bond motifs is 1. The van der Waals surface area contributed by atoms with E-state index in [1.165, 1.54) is 57.8 Å². The quantitative estimate of drug-likeness (QED) is 0.141. The van der Waals surface area contributed by atoms with Crippen molar-refractivity contribution in [1.82, 2.24) is 25.1 Å². The summed E-state index contributed by atoms with van der Waals surface area (Å²) in [5.41, 5.74) is 2.19. The maximum atomic E-state index is 12.2. The van der Waals surface area contributed by atoms with Crippen molar-refractivity contribution in [3.8, 4) is 17.1 Å². The highest BCUT2D eigenvalue weighted by molar-refractivity contribution is 6.34. The van der Waals surface area contributed by atoms with E-state index in [0.717, 1.165) is 24.1 Å². The topological polar surface area (TPSA) is 84.3 Å². The summed E-state index contributed by atoms with van der Waals surface area (Å²) in [5.74, 6) is 1.29. The van der Waals surface area contributed by atoms with Crippen LogP contribution in [0.15, 0.2) is 36.7 Å². The molecule has 1 amide bonds. The van der Waals surface area contributed by atoms with Crippen molar-refractivity contribution in [2.75, 3.05) is 0 Å². The Morgan fingerprint density at radius 1 is 1.00 bits per heavy atom. The Bertz CT molecular complexity index is 1170. The average molecular weight is 542 g/mol. The molecule has 3 rings (SSSR count). The Hall–Kier alpha value is -2.80. The number of unbranched alkanes of at least 4 members (excludes halogenated alkanes) is 10. The number of halogens is 1. The standard InChI is InChI=1S/C30H44ClN5O2/c1-6-7-8-9-10-11-12-13-14-15-16-17-25(37)32-22(2)38-24-20-18-23(19-21-24)28-33-29-26(31)27(30(3,4)5)34-36(29)35-28/h18-21,34H,2,6-17H2,1,3-5H3,(H,32,37). The van der Waals surface area contributed by atoms with Gasteiger partial charge in [0.25, 0.3) is 0 Å². The zero-order valence-corrected chi connectivity index (χ0v) is 24.3. The fraction of sp³-hybridized carbons (Fsp3) is 0.567. The molecule has 0 saturated carbocycles. The maximum absolute atomic E-state index is 12.2. The van der Waals surface area contributed by atoms with Crippen molar-refractivity contribution in [2.45, 2.75) is 110 Å². The molecular weight excluding hydrogens is 498 g/mol. The summed E-state index contributed by atoms with van der Waals surface area (Å²) in [6, 6.07) is 7.33. The van der Waals surface area contributed by atoms with E-state index in [4.69, 9.17) is 16.3 Å². The van der Waals surface area contributed by atoms with E-state index in [0.29, 0.717) is 28.7 Å². The molecule has 0 aliphatic rings. The Morgan fingerprint density at radius 3 is 2.13 bits per heavy atom.